The molecule has 0 saturated carbocycles. The van der Waals surface area contributed by atoms with Gasteiger partial charge in [0.2, 0.25) is 5.91 Å². The van der Waals surface area contributed by atoms with Gasteiger partial charge in [-0.05, 0) is 30.7 Å². The van der Waals surface area contributed by atoms with Crippen molar-refractivity contribution in [1.29, 1.82) is 0 Å². The van der Waals surface area contributed by atoms with Crippen LogP contribution in [0, 0.1) is 6.92 Å². The van der Waals surface area contributed by atoms with Crippen molar-refractivity contribution in [2.24, 2.45) is 0 Å². The lowest BCUT2D eigenvalue weighted by molar-refractivity contribution is -0.222. The topological polar surface area (TPSA) is 93.7 Å². The van der Waals surface area contributed by atoms with Crippen molar-refractivity contribution >= 4 is 29.2 Å². The maximum atomic E-state index is 11.8. The van der Waals surface area contributed by atoms with Crippen LogP contribution in [0.25, 0.3) is 0 Å². The fraction of sp³-hybridized carbons (Fsp3) is 0.312. The monoisotopic (exact) mass is 318 g/mol. The molecule has 122 valence electrons. The number of anilines is 2. The van der Waals surface area contributed by atoms with Crippen LogP contribution in [0.15, 0.2) is 30.0 Å². The minimum Gasteiger partial charge on any atom is -0.419 e. The van der Waals surface area contributed by atoms with Gasteiger partial charge in [-0.1, -0.05) is 0 Å². The molecule has 0 radical (unpaired) electrons. The van der Waals surface area contributed by atoms with Crippen LogP contribution in [0.1, 0.15) is 26.3 Å². The van der Waals surface area contributed by atoms with Gasteiger partial charge in [-0.3, -0.25) is 4.79 Å². The maximum Gasteiger partial charge on any atom is 0.350 e. The Morgan fingerprint density at radius 3 is 2.30 bits per heavy atom. The fourth-order valence-electron chi connectivity index (χ4n) is 2.02. The first-order chi connectivity index (χ1) is 10.7. The van der Waals surface area contributed by atoms with Gasteiger partial charge < -0.3 is 20.1 Å². The van der Waals surface area contributed by atoms with E-state index in [1.165, 1.54) is 27.0 Å². The number of carbonyl (C=O) groups is 3. The zero-order valence-electron chi connectivity index (χ0n) is 13.4. The van der Waals surface area contributed by atoms with Gasteiger partial charge in [0.25, 0.3) is 5.79 Å². The quantitative estimate of drug-likeness (QED) is 0.503. The smallest absolute Gasteiger partial charge is 0.350 e. The maximum absolute atomic E-state index is 11.8. The normalized spacial score (nSPS) is 16.3. The van der Waals surface area contributed by atoms with E-state index in [-0.39, 0.29) is 11.5 Å². The van der Waals surface area contributed by atoms with E-state index in [1.807, 2.05) is 6.92 Å². The minimum absolute atomic E-state index is 0.161. The fourth-order valence-corrected chi connectivity index (χ4v) is 2.02. The van der Waals surface area contributed by atoms with Crippen molar-refractivity contribution in [2.45, 2.75) is 33.5 Å². The molecule has 23 heavy (non-hydrogen) atoms. The number of esters is 2. The van der Waals surface area contributed by atoms with Crippen molar-refractivity contribution in [3.63, 3.8) is 0 Å². The summed E-state index contributed by atoms with van der Waals surface area (Å²) < 4.78 is 9.99. The van der Waals surface area contributed by atoms with E-state index in [2.05, 4.69) is 10.6 Å². The predicted octanol–water partition coefficient (Wildman–Crippen LogP) is 2.09. The van der Waals surface area contributed by atoms with Crippen LogP contribution in [-0.2, 0) is 23.9 Å². The summed E-state index contributed by atoms with van der Waals surface area (Å²) in [4.78, 5) is 34.7. The molecule has 7 heteroatoms. The summed E-state index contributed by atoms with van der Waals surface area (Å²) >= 11 is 0. The summed E-state index contributed by atoms with van der Waals surface area (Å²) in [6.07, 6.45) is 1.24. The van der Waals surface area contributed by atoms with Crippen molar-refractivity contribution < 1.29 is 23.9 Å². The molecule has 1 heterocycles. The van der Waals surface area contributed by atoms with Crippen molar-refractivity contribution in [3.8, 4) is 0 Å². The van der Waals surface area contributed by atoms with Crippen molar-refractivity contribution in [1.82, 2.24) is 0 Å². The summed E-state index contributed by atoms with van der Waals surface area (Å²) in [5, 5.41) is 5.55. The van der Waals surface area contributed by atoms with Gasteiger partial charge in [0.15, 0.2) is 5.57 Å². The number of cyclic esters (lactones) is 2. The first-order valence-corrected chi connectivity index (χ1v) is 6.99. The zero-order chi connectivity index (χ0) is 17.2. The second kappa shape index (κ2) is 6.12. The van der Waals surface area contributed by atoms with Crippen molar-refractivity contribution in [2.75, 3.05) is 10.6 Å². The van der Waals surface area contributed by atoms with Crippen LogP contribution >= 0.6 is 0 Å². The SMILES string of the molecule is CC(=O)Nc1ccc(NC=C2C(=O)OC(C)(C)OC2=O)cc1C. The molecule has 1 saturated heterocycles. The zero-order valence-corrected chi connectivity index (χ0v) is 13.4. The van der Waals surface area contributed by atoms with E-state index in [1.54, 1.807) is 18.2 Å². The molecule has 2 N–H and O–H groups in total. The third-order valence-electron chi connectivity index (χ3n) is 3.04. The first kappa shape index (κ1) is 16.5. The molecular weight excluding hydrogens is 300 g/mol. The summed E-state index contributed by atoms with van der Waals surface area (Å²) in [7, 11) is 0. The van der Waals surface area contributed by atoms with E-state index in [0.717, 1.165) is 5.56 Å². The Kier molecular flexibility index (Phi) is 4.40. The molecule has 1 aliphatic heterocycles. The molecule has 1 aromatic rings. The number of aryl methyl sites for hydroxylation is 1. The lowest BCUT2D eigenvalue weighted by Gasteiger charge is -2.29. The van der Waals surface area contributed by atoms with E-state index in [4.69, 9.17) is 9.47 Å². The average Bonchev–Trinajstić information content (AvgIpc) is 2.39. The Hall–Kier alpha value is -2.83. The van der Waals surface area contributed by atoms with Gasteiger partial charge in [-0.15, -0.1) is 0 Å². The summed E-state index contributed by atoms with van der Waals surface area (Å²) in [6.45, 7) is 6.22. The van der Waals surface area contributed by atoms with Gasteiger partial charge in [0.1, 0.15) is 0 Å². The Morgan fingerprint density at radius 2 is 1.78 bits per heavy atom. The highest BCUT2D eigenvalue weighted by atomic mass is 16.7. The molecule has 1 aliphatic rings. The molecule has 0 spiro atoms. The largest absolute Gasteiger partial charge is 0.419 e. The third-order valence-corrected chi connectivity index (χ3v) is 3.04. The van der Waals surface area contributed by atoms with E-state index >= 15 is 0 Å². The van der Waals surface area contributed by atoms with E-state index in [9.17, 15) is 14.4 Å². The molecule has 0 unspecified atom stereocenters. The predicted molar refractivity (Wildman–Crippen MR) is 83.5 cm³/mol. The number of benzene rings is 1. The first-order valence-electron chi connectivity index (χ1n) is 6.99. The molecule has 0 aliphatic carbocycles. The highest BCUT2D eigenvalue weighted by molar-refractivity contribution is 6.15. The van der Waals surface area contributed by atoms with Crippen LogP contribution in [0.5, 0.6) is 0 Å². The Morgan fingerprint density at radius 1 is 1.17 bits per heavy atom. The highest BCUT2D eigenvalue weighted by Gasteiger charge is 2.38. The van der Waals surface area contributed by atoms with Gasteiger partial charge in [-0.25, -0.2) is 9.59 Å². The molecule has 7 nitrogen and oxygen atoms in total. The second-order valence-electron chi connectivity index (χ2n) is 5.59. The number of ether oxygens (including phenoxy) is 2. The average molecular weight is 318 g/mol. The van der Waals surface area contributed by atoms with Crippen molar-refractivity contribution in [3.05, 3.63) is 35.5 Å². The van der Waals surface area contributed by atoms with Gasteiger partial charge in [0, 0.05) is 38.3 Å². The van der Waals surface area contributed by atoms with Crippen LogP contribution < -0.4 is 10.6 Å². The summed E-state index contributed by atoms with van der Waals surface area (Å²) in [5.74, 6) is -2.91. The summed E-state index contributed by atoms with van der Waals surface area (Å²) in [5.41, 5.74) is 1.95. The van der Waals surface area contributed by atoms with Gasteiger partial charge in [-0.2, -0.15) is 0 Å². The Bertz CT molecular complexity index is 684. The van der Waals surface area contributed by atoms with Crippen LogP contribution in [0.3, 0.4) is 0 Å². The van der Waals surface area contributed by atoms with Crippen LogP contribution in [0.4, 0.5) is 11.4 Å². The molecule has 1 amide bonds. The van der Waals surface area contributed by atoms with Crippen LogP contribution in [-0.4, -0.2) is 23.6 Å². The van der Waals surface area contributed by atoms with E-state index in [0.29, 0.717) is 11.4 Å². The number of hydrogen-bond acceptors (Lipinski definition) is 6. The molecule has 1 aromatic carbocycles. The molecular formula is C16H18N2O5. The molecule has 1 fully saturated rings. The number of rotatable bonds is 3. The highest BCUT2D eigenvalue weighted by Crippen LogP contribution is 2.24. The standard InChI is InChI=1S/C16H18N2O5/c1-9-7-11(5-6-13(9)18-10(2)19)17-8-12-14(20)22-16(3,4)23-15(12)21/h5-8,17H,1-4H3,(H,18,19). The molecule has 2 rings (SSSR count). The molecule has 0 bridgehead atoms. The number of amides is 1. The third kappa shape index (κ3) is 4.09. The van der Waals surface area contributed by atoms with Gasteiger partial charge >= 0.3 is 11.9 Å². The minimum atomic E-state index is -1.26. The van der Waals surface area contributed by atoms with E-state index < -0.39 is 17.7 Å². The Balaban J connectivity index is 2.14. The van der Waals surface area contributed by atoms with Gasteiger partial charge in [0.05, 0.1) is 0 Å². The lowest BCUT2D eigenvalue weighted by atomic mass is 10.1. The Labute approximate surface area is 133 Å². The molecule has 0 aromatic heterocycles. The lowest BCUT2D eigenvalue weighted by Crippen LogP contribution is -2.42. The molecule has 0 atom stereocenters. The number of carbonyl (C=O) groups excluding carboxylic acids is 3. The number of nitrogens with one attached hydrogen (secondary N) is 2. The summed E-state index contributed by atoms with van der Waals surface area (Å²) in [6, 6.07) is 5.20. The van der Waals surface area contributed by atoms with Crippen LogP contribution in [0.2, 0.25) is 0 Å². The second-order valence-corrected chi connectivity index (χ2v) is 5.59. The number of hydrogen-bond donors (Lipinski definition) is 2.